The van der Waals surface area contributed by atoms with Crippen LogP contribution in [0.25, 0.3) is 16.9 Å². The standard InChI is InChI=1S/C18H13Cl2N5/c19-13-6-5-12(9-14(13)20)10-22-18-21-8-7-17(24-18)25-11-23-15-3-1-2-4-16(15)25/h1-9,11H,10H2,(H,21,22,24). The van der Waals surface area contributed by atoms with E-state index in [1.807, 2.05) is 47.0 Å². The highest BCUT2D eigenvalue weighted by atomic mass is 35.5. The fourth-order valence-electron chi connectivity index (χ4n) is 2.54. The number of nitrogens with one attached hydrogen (secondary N) is 1. The zero-order valence-corrected chi connectivity index (χ0v) is 14.5. The van der Waals surface area contributed by atoms with Crippen LogP contribution in [0.3, 0.4) is 0 Å². The van der Waals surface area contributed by atoms with E-state index in [9.17, 15) is 0 Å². The Morgan fingerprint density at radius 2 is 1.84 bits per heavy atom. The molecular formula is C18H13Cl2N5. The van der Waals surface area contributed by atoms with Crippen molar-refractivity contribution in [2.24, 2.45) is 0 Å². The molecule has 7 heteroatoms. The van der Waals surface area contributed by atoms with Crippen LogP contribution in [-0.2, 0) is 6.54 Å². The molecule has 0 saturated carbocycles. The average molecular weight is 370 g/mol. The van der Waals surface area contributed by atoms with Crippen LogP contribution in [0.2, 0.25) is 10.0 Å². The fourth-order valence-corrected chi connectivity index (χ4v) is 2.86. The normalized spacial score (nSPS) is 11.0. The maximum atomic E-state index is 6.04. The molecule has 124 valence electrons. The lowest BCUT2D eigenvalue weighted by Gasteiger charge is -2.08. The number of imidazole rings is 1. The average Bonchev–Trinajstić information content (AvgIpc) is 3.07. The van der Waals surface area contributed by atoms with Crippen molar-refractivity contribution in [2.45, 2.75) is 6.54 Å². The van der Waals surface area contributed by atoms with Crippen LogP contribution in [0, 0.1) is 0 Å². The fraction of sp³-hybridized carbons (Fsp3) is 0.0556. The Kier molecular flexibility index (Phi) is 4.26. The van der Waals surface area contributed by atoms with Crippen LogP contribution in [0.4, 0.5) is 5.95 Å². The van der Waals surface area contributed by atoms with E-state index in [0.717, 1.165) is 22.4 Å². The van der Waals surface area contributed by atoms with Crippen LogP contribution < -0.4 is 5.32 Å². The SMILES string of the molecule is Clc1ccc(CNc2nccc(-n3cnc4ccccc43)n2)cc1Cl. The third-order valence-corrected chi connectivity index (χ3v) is 4.51. The molecule has 2 heterocycles. The van der Waals surface area contributed by atoms with Crippen LogP contribution in [0.15, 0.2) is 61.1 Å². The molecule has 0 aliphatic carbocycles. The molecular weight excluding hydrogens is 357 g/mol. The van der Waals surface area contributed by atoms with E-state index in [-0.39, 0.29) is 0 Å². The second-order valence-electron chi connectivity index (χ2n) is 5.44. The van der Waals surface area contributed by atoms with Crippen molar-refractivity contribution >= 4 is 40.2 Å². The number of aromatic nitrogens is 4. The topological polar surface area (TPSA) is 55.6 Å². The lowest BCUT2D eigenvalue weighted by molar-refractivity contribution is 0.976. The molecule has 0 amide bonds. The molecule has 0 saturated heterocycles. The van der Waals surface area contributed by atoms with E-state index in [2.05, 4.69) is 20.3 Å². The molecule has 0 bridgehead atoms. The first kappa shape index (κ1) is 15.9. The minimum absolute atomic E-state index is 0.528. The number of anilines is 1. The maximum absolute atomic E-state index is 6.04. The number of hydrogen-bond donors (Lipinski definition) is 1. The number of fused-ring (bicyclic) bond motifs is 1. The van der Waals surface area contributed by atoms with Gasteiger partial charge in [0.25, 0.3) is 0 Å². The molecule has 1 N–H and O–H groups in total. The van der Waals surface area contributed by atoms with Crippen molar-refractivity contribution in [3.63, 3.8) is 0 Å². The monoisotopic (exact) mass is 369 g/mol. The summed E-state index contributed by atoms with van der Waals surface area (Å²) < 4.78 is 1.93. The predicted molar refractivity (Wildman–Crippen MR) is 100 cm³/mol. The van der Waals surface area contributed by atoms with Gasteiger partial charge in [-0.2, -0.15) is 4.98 Å². The molecule has 25 heavy (non-hydrogen) atoms. The lowest BCUT2D eigenvalue weighted by atomic mass is 10.2. The zero-order valence-electron chi connectivity index (χ0n) is 13.0. The zero-order chi connectivity index (χ0) is 17.2. The van der Waals surface area contributed by atoms with Crippen molar-refractivity contribution in [3.8, 4) is 5.82 Å². The molecule has 4 rings (SSSR count). The molecule has 0 spiro atoms. The Bertz CT molecular complexity index is 1040. The van der Waals surface area contributed by atoms with Crippen molar-refractivity contribution in [1.82, 2.24) is 19.5 Å². The molecule has 0 fully saturated rings. The Morgan fingerprint density at radius 1 is 0.960 bits per heavy atom. The Labute approximate surface area is 154 Å². The van der Waals surface area contributed by atoms with E-state index in [1.165, 1.54) is 0 Å². The van der Waals surface area contributed by atoms with E-state index in [1.54, 1.807) is 18.6 Å². The third kappa shape index (κ3) is 3.29. The number of nitrogens with zero attached hydrogens (tertiary/aromatic N) is 4. The second-order valence-corrected chi connectivity index (χ2v) is 6.26. The van der Waals surface area contributed by atoms with Gasteiger partial charge in [0.05, 0.1) is 21.1 Å². The van der Waals surface area contributed by atoms with E-state index in [4.69, 9.17) is 23.2 Å². The largest absolute Gasteiger partial charge is 0.350 e. The lowest BCUT2D eigenvalue weighted by Crippen LogP contribution is -2.06. The summed E-state index contributed by atoms with van der Waals surface area (Å²) in [5.74, 6) is 1.28. The van der Waals surface area contributed by atoms with Crippen LogP contribution in [-0.4, -0.2) is 19.5 Å². The first-order chi connectivity index (χ1) is 12.2. The Hall–Kier alpha value is -2.63. The van der Waals surface area contributed by atoms with Gasteiger partial charge in [0.2, 0.25) is 5.95 Å². The number of para-hydroxylation sites is 2. The molecule has 2 aromatic carbocycles. The highest BCUT2D eigenvalue weighted by Gasteiger charge is 2.07. The minimum atomic E-state index is 0.528. The molecule has 2 aromatic heterocycles. The summed E-state index contributed by atoms with van der Waals surface area (Å²) in [6.45, 7) is 0.547. The first-order valence-electron chi connectivity index (χ1n) is 7.64. The van der Waals surface area contributed by atoms with Crippen molar-refractivity contribution in [1.29, 1.82) is 0 Å². The van der Waals surface area contributed by atoms with Crippen LogP contribution in [0.1, 0.15) is 5.56 Å². The van der Waals surface area contributed by atoms with Crippen molar-refractivity contribution < 1.29 is 0 Å². The predicted octanol–water partition coefficient (Wildman–Crippen LogP) is 4.73. The number of rotatable bonds is 4. The van der Waals surface area contributed by atoms with E-state index in [0.29, 0.717) is 22.5 Å². The first-order valence-corrected chi connectivity index (χ1v) is 8.39. The van der Waals surface area contributed by atoms with E-state index < -0.39 is 0 Å². The maximum Gasteiger partial charge on any atom is 0.224 e. The van der Waals surface area contributed by atoms with Gasteiger partial charge in [-0.3, -0.25) is 4.57 Å². The second kappa shape index (κ2) is 6.70. The van der Waals surface area contributed by atoms with Gasteiger partial charge in [-0.15, -0.1) is 0 Å². The highest BCUT2D eigenvalue weighted by molar-refractivity contribution is 6.42. The summed E-state index contributed by atoms with van der Waals surface area (Å²) in [7, 11) is 0. The molecule has 0 radical (unpaired) electrons. The molecule has 0 aliphatic heterocycles. The summed E-state index contributed by atoms with van der Waals surface area (Å²) >= 11 is 12.0. The van der Waals surface area contributed by atoms with Crippen LogP contribution >= 0.6 is 23.2 Å². The summed E-state index contributed by atoms with van der Waals surface area (Å²) in [4.78, 5) is 13.2. The van der Waals surface area contributed by atoms with Gasteiger partial charge in [-0.25, -0.2) is 9.97 Å². The molecule has 4 aromatic rings. The van der Waals surface area contributed by atoms with Gasteiger partial charge >= 0.3 is 0 Å². The summed E-state index contributed by atoms with van der Waals surface area (Å²) in [6.07, 6.45) is 3.48. The van der Waals surface area contributed by atoms with E-state index >= 15 is 0 Å². The summed E-state index contributed by atoms with van der Waals surface area (Å²) in [6, 6.07) is 15.3. The minimum Gasteiger partial charge on any atom is -0.350 e. The third-order valence-electron chi connectivity index (χ3n) is 3.78. The summed E-state index contributed by atoms with van der Waals surface area (Å²) in [5.41, 5.74) is 2.92. The van der Waals surface area contributed by atoms with Crippen molar-refractivity contribution in [2.75, 3.05) is 5.32 Å². The Morgan fingerprint density at radius 3 is 2.72 bits per heavy atom. The number of halogens is 2. The van der Waals surface area contributed by atoms with Crippen molar-refractivity contribution in [3.05, 3.63) is 76.7 Å². The van der Waals surface area contributed by atoms with Gasteiger partial charge in [-0.1, -0.05) is 41.4 Å². The van der Waals surface area contributed by atoms with Crippen LogP contribution in [0.5, 0.6) is 0 Å². The molecule has 0 atom stereocenters. The number of benzene rings is 2. The Balaban J connectivity index is 1.58. The van der Waals surface area contributed by atoms with Gasteiger partial charge in [-0.05, 0) is 35.9 Å². The summed E-state index contributed by atoms with van der Waals surface area (Å²) in [5, 5.41) is 4.27. The molecule has 5 nitrogen and oxygen atoms in total. The van der Waals surface area contributed by atoms with Gasteiger partial charge < -0.3 is 5.32 Å². The van der Waals surface area contributed by atoms with Gasteiger partial charge in [0.15, 0.2) is 0 Å². The smallest absolute Gasteiger partial charge is 0.224 e. The molecule has 0 aliphatic rings. The number of hydrogen-bond acceptors (Lipinski definition) is 4. The molecule has 0 unspecified atom stereocenters. The van der Waals surface area contributed by atoms with Gasteiger partial charge in [0, 0.05) is 12.7 Å². The quantitative estimate of drug-likeness (QED) is 0.564. The highest BCUT2D eigenvalue weighted by Crippen LogP contribution is 2.23. The van der Waals surface area contributed by atoms with Gasteiger partial charge in [0.1, 0.15) is 12.1 Å².